The summed E-state index contributed by atoms with van der Waals surface area (Å²) in [5.74, 6) is 0. The summed E-state index contributed by atoms with van der Waals surface area (Å²) in [5, 5.41) is 18.7. The van der Waals surface area contributed by atoms with Gasteiger partial charge in [0.25, 0.3) is 0 Å². The zero-order valence-corrected chi connectivity index (χ0v) is 12.8. The summed E-state index contributed by atoms with van der Waals surface area (Å²) in [4.78, 5) is 0. The number of aliphatic hydroxyl groups excluding tert-OH is 2. The Kier molecular flexibility index (Phi) is 13.8. The summed E-state index contributed by atoms with van der Waals surface area (Å²) < 4.78 is 0. The number of rotatable bonds is 14. The first-order valence-electron chi connectivity index (χ1n) is 8.13. The molecule has 0 aliphatic heterocycles. The summed E-state index contributed by atoms with van der Waals surface area (Å²) in [5.41, 5.74) is 0. The second-order valence-electron chi connectivity index (χ2n) is 5.79. The van der Waals surface area contributed by atoms with E-state index in [9.17, 15) is 5.11 Å². The van der Waals surface area contributed by atoms with Crippen LogP contribution in [0.1, 0.15) is 84.0 Å². The second kappa shape index (κ2) is 14.1. The molecular formula is C17H34O2. The van der Waals surface area contributed by atoms with Gasteiger partial charge in [-0.1, -0.05) is 57.4 Å². The van der Waals surface area contributed by atoms with Crippen molar-refractivity contribution in [2.75, 3.05) is 0 Å². The van der Waals surface area contributed by atoms with Crippen LogP contribution in [0.4, 0.5) is 0 Å². The standard InChI is InChI=1S/C17H34O2/c1-3-4-5-6-7-8-9-10-11-12-13-14-17(19)15-16(2)18/h3,16-19H,1,4-15H2,2H3/t16-,17-/m1/s1. The number of unbranched alkanes of at least 4 members (excludes halogenated alkanes) is 9. The van der Waals surface area contributed by atoms with Gasteiger partial charge >= 0.3 is 0 Å². The van der Waals surface area contributed by atoms with Gasteiger partial charge < -0.3 is 10.2 Å². The maximum atomic E-state index is 9.60. The number of allylic oxidation sites excluding steroid dienone is 1. The molecule has 0 aliphatic carbocycles. The average molecular weight is 270 g/mol. The van der Waals surface area contributed by atoms with Crippen molar-refractivity contribution in [1.29, 1.82) is 0 Å². The van der Waals surface area contributed by atoms with Gasteiger partial charge in [-0.3, -0.25) is 0 Å². The highest BCUT2D eigenvalue weighted by Crippen LogP contribution is 2.13. The highest BCUT2D eigenvalue weighted by atomic mass is 16.3. The Morgan fingerprint density at radius 1 is 0.842 bits per heavy atom. The molecule has 2 nitrogen and oxygen atoms in total. The van der Waals surface area contributed by atoms with Crippen molar-refractivity contribution in [3.63, 3.8) is 0 Å². The van der Waals surface area contributed by atoms with Crippen molar-refractivity contribution in [2.24, 2.45) is 0 Å². The van der Waals surface area contributed by atoms with Crippen molar-refractivity contribution in [3.8, 4) is 0 Å². The molecule has 0 amide bonds. The first-order chi connectivity index (χ1) is 9.16. The zero-order valence-electron chi connectivity index (χ0n) is 12.8. The second-order valence-corrected chi connectivity index (χ2v) is 5.79. The van der Waals surface area contributed by atoms with Crippen LogP contribution >= 0.6 is 0 Å². The van der Waals surface area contributed by atoms with Gasteiger partial charge in [0.2, 0.25) is 0 Å². The van der Waals surface area contributed by atoms with E-state index < -0.39 is 0 Å². The van der Waals surface area contributed by atoms with E-state index in [2.05, 4.69) is 6.58 Å². The van der Waals surface area contributed by atoms with Gasteiger partial charge in [-0.2, -0.15) is 0 Å². The fourth-order valence-electron chi connectivity index (χ4n) is 2.42. The first kappa shape index (κ1) is 18.7. The van der Waals surface area contributed by atoms with E-state index in [1.165, 1.54) is 51.4 Å². The molecule has 0 radical (unpaired) electrons. The van der Waals surface area contributed by atoms with E-state index in [4.69, 9.17) is 5.11 Å². The zero-order chi connectivity index (χ0) is 14.3. The van der Waals surface area contributed by atoms with Crippen LogP contribution in [0.25, 0.3) is 0 Å². The molecule has 0 unspecified atom stereocenters. The molecule has 114 valence electrons. The fourth-order valence-corrected chi connectivity index (χ4v) is 2.42. The third kappa shape index (κ3) is 15.6. The van der Waals surface area contributed by atoms with Crippen molar-refractivity contribution in [2.45, 2.75) is 96.2 Å². The van der Waals surface area contributed by atoms with Gasteiger partial charge in [0, 0.05) is 0 Å². The molecule has 0 bridgehead atoms. The lowest BCUT2D eigenvalue weighted by Gasteiger charge is -2.11. The van der Waals surface area contributed by atoms with Crippen LogP contribution < -0.4 is 0 Å². The molecule has 0 aromatic carbocycles. The number of aliphatic hydroxyl groups is 2. The van der Waals surface area contributed by atoms with Gasteiger partial charge in [-0.05, 0) is 32.6 Å². The Balaban J connectivity index is 3.08. The molecule has 0 saturated heterocycles. The van der Waals surface area contributed by atoms with Crippen LogP contribution in [0.15, 0.2) is 12.7 Å². The van der Waals surface area contributed by atoms with Gasteiger partial charge in [-0.25, -0.2) is 0 Å². The van der Waals surface area contributed by atoms with E-state index >= 15 is 0 Å². The van der Waals surface area contributed by atoms with Crippen molar-refractivity contribution in [3.05, 3.63) is 12.7 Å². The normalized spacial score (nSPS) is 14.3. The fraction of sp³-hybridized carbons (Fsp3) is 0.882. The van der Waals surface area contributed by atoms with Crippen LogP contribution in [0, 0.1) is 0 Å². The largest absolute Gasteiger partial charge is 0.393 e. The Labute approximate surface area is 119 Å². The highest BCUT2D eigenvalue weighted by Gasteiger charge is 2.06. The Morgan fingerprint density at radius 2 is 1.32 bits per heavy atom. The predicted octanol–water partition coefficient (Wildman–Crippen LogP) is 4.60. The maximum absolute atomic E-state index is 9.60. The minimum atomic E-state index is -0.379. The lowest BCUT2D eigenvalue weighted by molar-refractivity contribution is 0.0834. The molecule has 0 aliphatic rings. The number of hydrogen-bond donors (Lipinski definition) is 2. The Hall–Kier alpha value is -0.340. The molecule has 0 saturated carbocycles. The van der Waals surface area contributed by atoms with Gasteiger partial charge in [-0.15, -0.1) is 6.58 Å². The van der Waals surface area contributed by atoms with Crippen LogP contribution in [0.5, 0.6) is 0 Å². The van der Waals surface area contributed by atoms with Gasteiger partial charge in [0.15, 0.2) is 0 Å². The molecule has 0 fully saturated rings. The van der Waals surface area contributed by atoms with Crippen molar-refractivity contribution < 1.29 is 10.2 Å². The molecule has 0 aromatic rings. The van der Waals surface area contributed by atoms with E-state index in [1.807, 2.05) is 6.08 Å². The Morgan fingerprint density at radius 3 is 1.79 bits per heavy atom. The minimum absolute atomic E-state index is 0.315. The molecule has 2 atom stereocenters. The van der Waals surface area contributed by atoms with E-state index in [0.29, 0.717) is 6.42 Å². The summed E-state index contributed by atoms with van der Waals surface area (Å²) in [6, 6.07) is 0. The summed E-state index contributed by atoms with van der Waals surface area (Å²) in [6.07, 6.45) is 15.5. The smallest absolute Gasteiger partial charge is 0.0564 e. The van der Waals surface area contributed by atoms with E-state index in [-0.39, 0.29) is 12.2 Å². The van der Waals surface area contributed by atoms with Gasteiger partial charge in [0.05, 0.1) is 12.2 Å². The molecule has 19 heavy (non-hydrogen) atoms. The molecule has 0 spiro atoms. The summed E-state index contributed by atoms with van der Waals surface area (Å²) in [7, 11) is 0. The number of hydrogen-bond acceptors (Lipinski definition) is 2. The topological polar surface area (TPSA) is 40.5 Å². The maximum Gasteiger partial charge on any atom is 0.0564 e. The molecule has 2 N–H and O–H groups in total. The van der Waals surface area contributed by atoms with Crippen LogP contribution in [-0.4, -0.2) is 22.4 Å². The quantitative estimate of drug-likeness (QED) is 0.358. The minimum Gasteiger partial charge on any atom is -0.393 e. The molecule has 0 heterocycles. The summed E-state index contributed by atoms with van der Waals surface area (Å²) >= 11 is 0. The molecule has 2 heteroatoms. The third-order valence-corrected chi connectivity index (χ3v) is 3.56. The predicted molar refractivity (Wildman–Crippen MR) is 83.3 cm³/mol. The molecule has 0 aromatic heterocycles. The third-order valence-electron chi connectivity index (χ3n) is 3.56. The average Bonchev–Trinajstić information content (AvgIpc) is 2.35. The van der Waals surface area contributed by atoms with Crippen molar-refractivity contribution >= 4 is 0 Å². The molecule has 0 rings (SSSR count). The van der Waals surface area contributed by atoms with Gasteiger partial charge in [0.1, 0.15) is 0 Å². The van der Waals surface area contributed by atoms with Crippen molar-refractivity contribution in [1.82, 2.24) is 0 Å². The highest BCUT2D eigenvalue weighted by molar-refractivity contribution is 4.65. The Bertz CT molecular complexity index is 190. The van der Waals surface area contributed by atoms with Crippen LogP contribution in [-0.2, 0) is 0 Å². The monoisotopic (exact) mass is 270 g/mol. The van der Waals surface area contributed by atoms with E-state index in [0.717, 1.165) is 19.3 Å². The molecular weight excluding hydrogens is 236 g/mol. The summed E-state index contributed by atoms with van der Waals surface area (Å²) in [6.45, 7) is 5.47. The first-order valence-corrected chi connectivity index (χ1v) is 8.13. The van der Waals surface area contributed by atoms with E-state index in [1.54, 1.807) is 6.92 Å². The lowest BCUT2D eigenvalue weighted by Crippen LogP contribution is -2.14. The van der Waals surface area contributed by atoms with Crippen LogP contribution in [0.2, 0.25) is 0 Å². The SMILES string of the molecule is C=CCCCCCCCCCCC[C@@H](O)C[C@@H](C)O. The lowest BCUT2D eigenvalue weighted by atomic mass is 10.0. The van der Waals surface area contributed by atoms with Crippen LogP contribution in [0.3, 0.4) is 0 Å².